The van der Waals surface area contributed by atoms with Crippen molar-refractivity contribution in [3.63, 3.8) is 0 Å². The van der Waals surface area contributed by atoms with E-state index in [2.05, 4.69) is 31.2 Å². The van der Waals surface area contributed by atoms with Crippen LogP contribution in [-0.2, 0) is 30.9 Å². The molecule has 16 heavy (non-hydrogen) atoms. The summed E-state index contributed by atoms with van der Waals surface area (Å²) in [6.07, 6.45) is 2.06. The number of aliphatic hydroxyl groups excluding tert-OH is 1. The zero-order valence-corrected chi connectivity index (χ0v) is 15.6. The molecule has 0 aliphatic heterocycles. The van der Waals surface area contributed by atoms with Crippen molar-refractivity contribution in [1.29, 1.82) is 0 Å². The normalized spacial score (nSPS) is 14.8. The summed E-state index contributed by atoms with van der Waals surface area (Å²) in [6, 6.07) is 8.73. The molecular formula is C13H19HgO2. The summed E-state index contributed by atoms with van der Waals surface area (Å²) >= 11 is 0.638. The molecule has 0 fully saturated rings. The maximum atomic E-state index is 8.86. The molecule has 0 bridgehead atoms. The van der Waals surface area contributed by atoms with E-state index in [1.54, 1.807) is 7.11 Å². The molecule has 0 heterocycles. The molecule has 2 atom stereocenters. The summed E-state index contributed by atoms with van der Waals surface area (Å²) < 4.78 is 6.10. The molecular weight excluding hydrogens is 389 g/mol. The summed E-state index contributed by atoms with van der Waals surface area (Å²) in [6.45, 7) is 2.37. The Labute approximate surface area is 114 Å². The first kappa shape index (κ1) is 14.1. The van der Waals surface area contributed by atoms with Gasteiger partial charge in [0.1, 0.15) is 0 Å². The fourth-order valence-electron chi connectivity index (χ4n) is 1.80. The van der Waals surface area contributed by atoms with Gasteiger partial charge in [0.15, 0.2) is 0 Å². The molecule has 2 nitrogen and oxygen atoms in total. The van der Waals surface area contributed by atoms with Crippen LogP contribution in [0.15, 0.2) is 24.3 Å². The van der Waals surface area contributed by atoms with Gasteiger partial charge in [0, 0.05) is 0 Å². The predicted octanol–water partition coefficient (Wildman–Crippen LogP) is 2.37. The average Bonchev–Trinajstić information content (AvgIpc) is 2.30. The van der Waals surface area contributed by atoms with E-state index >= 15 is 0 Å². The van der Waals surface area contributed by atoms with Gasteiger partial charge in [0.05, 0.1) is 0 Å². The van der Waals surface area contributed by atoms with Crippen LogP contribution in [0.1, 0.15) is 27.4 Å². The van der Waals surface area contributed by atoms with E-state index in [1.807, 2.05) is 0 Å². The molecule has 0 aliphatic rings. The Hall–Kier alpha value is 0.0751. The topological polar surface area (TPSA) is 29.5 Å². The van der Waals surface area contributed by atoms with Gasteiger partial charge in [0.25, 0.3) is 0 Å². The Morgan fingerprint density at radius 2 is 1.94 bits per heavy atom. The van der Waals surface area contributed by atoms with E-state index in [0.29, 0.717) is 29.5 Å². The van der Waals surface area contributed by atoms with Crippen LogP contribution >= 0.6 is 0 Å². The molecule has 1 aromatic rings. The Morgan fingerprint density at radius 3 is 2.44 bits per heavy atom. The van der Waals surface area contributed by atoms with Crippen molar-refractivity contribution in [2.75, 3.05) is 13.7 Å². The van der Waals surface area contributed by atoms with Crippen LogP contribution in [-0.4, -0.2) is 24.9 Å². The van der Waals surface area contributed by atoms with Crippen molar-refractivity contribution in [2.45, 2.75) is 29.3 Å². The number of hydrogen-bond acceptors (Lipinski definition) is 2. The van der Waals surface area contributed by atoms with Crippen LogP contribution in [0.2, 0.25) is 0 Å². The third-order valence-corrected chi connectivity index (χ3v) is 6.78. The van der Waals surface area contributed by atoms with Crippen molar-refractivity contribution >= 4 is 0 Å². The van der Waals surface area contributed by atoms with Gasteiger partial charge in [-0.15, -0.1) is 0 Å². The number of hydrogen-bond donors (Lipinski definition) is 1. The fourth-order valence-corrected chi connectivity index (χ4v) is 4.53. The summed E-state index contributed by atoms with van der Waals surface area (Å²) in [5, 5.41) is 8.86. The molecule has 0 aromatic heterocycles. The molecule has 1 N–H and O–H groups in total. The Balaban J connectivity index is 2.66. The third kappa shape index (κ3) is 4.15. The molecule has 1 aromatic carbocycles. The van der Waals surface area contributed by atoms with Crippen LogP contribution in [0.4, 0.5) is 0 Å². The molecule has 0 aliphatic carbocycles. The Morgan fingerprint density at radius 1 is 1.31 bits per heavy atom. The van der Waals surface area contributed by atoms with Crippen LogP contribution in [0.3, 0.4) is 0 Å². The van der Waals surface area contributed by atoms with Gasteiger partial charge in [-0.1, -0.05) is 0 Å². The number of aryl methyl sites for hydroxylation is 1. The van der Waals surface area contributed by atoms with E-state index in [-0.39, 0.29) is 12.7 Å². The van der Waals surface area contributed by atoms with Gasteiger partial charge in [-0.25, -0.2) is 0 Å². The second kappa shape index (κ2) is 7.41. The predicted molar refractivity (Wildman–Crippen MR) is 61.0 cm³/mol. The Kier molecular flexibility index (Phi) is 6.55. The maximum absolute atomic E-state index is 8.86. The van der Waals surface area contributed by atoms with Gasteiger partial charge in [-0.3, -0.25) is 0 Å². The van der Waals surface area contributed by atoms with Crippen molar-refractivity contribution in [3.05, 3.63) is 35.4 Å². The van der Waals surface area contributed by atoms with Gasteiger partial charge in [-0.05, 0) is 0 Å². The monoisotopic (exact) mass is 409 g/mol. The first-order valence-electron chi connectivity index (χ1n) is 5.72. The second-order valence-corrected chi connectivity index (χ2v) is 7.58. The molecule has 2 unspecified atom stereocenters. The SMILES string of the molecule is COC(CCCO)[CH]([Hg])c1ccc(C)cc1. The Bertz CT molecular complexity index is 297. The van der Waals surface area contributed by atoms with Crippen molar-refractivity contribution in [3.8, 4) is 0 Å². The fraction of sp³-hybridized carbons (Fsp3) is 0.538. The summed E-state index contributed by atoms with van der Waals surface area (Å²) in [4.78, 5) is 0. The molecule has 3 heteroatoms. The standard InChI is InChI=1S/C13H19O2.Hg/c1-11-5-7-12(8-6-11)10-13(15-2)4-3-9-14;/h5-8,10,13-14H,3-4,9H2,1-2H3;. The first-order chi connectivity index (χ1) is 7.69. The number of aliphatic hydroxyl groups is 1. The van der Waals surface area contributed by atoms with E-state index in [1.165, 1.54) is 11.1 Å². The third-order valence-electron chi connectivity index (χ3n) is 2.90. The molecule has 0 radical (unpaired) electrons. The zero-order chi connectivity index (χ0) is 12.0. The summed E-state index contributed by atoms with van der Waals surface area (Å²) in [5.74, 6) is 0. The average molecular weight is 408 g/mol. The number of rotatable bonds is 6. The van der Waals surface area contributed by atoms with Crippen LogP contribution in [0.5, 0.6) is 0 Å². The molecule has 85 valence electrons. The zero-order valence-electron chi connectivity index (χ0n) is 10.1. The molecule has 0 spiro atoms. The minimum absolute atomic E-state index is 0.258. The van der Waals surface area contributed by atoms with Crippen molar-refractivity contribution in [1.82, 2.24) is 0 Å². The quantitative estimate of drug-likeness (QED) is 0.734. The first-order valence-corrected chi connectivity index (χ1v) is 8.89. The van der Waals surface area contributed by atoms with Crippen LogP contribution < -0.4 is 0 Å². The van der Waals surface area contributed by atoms with Gasteiger partial charge in [-0.2, -0.15) is 0 Å². The second-order valence-electron chi connectivity index (χ2n) is 4.16. The van der Waals surface area contributed by atoms with E-state index in [0.717, 1.165) is 12.8 Å². The van der Waals surface area contributed by atoms with Crippen molar-refractivity contribution in [2.24, 2.45) is 0 Å². The number of methoxy groups -OCH3 is 1. The number of benzene rings is 1. The van der Waals surface area contributed by atoms with E-state index < -0.39 is 0 Å². The van der Waals surface area contributed by atoms with E-state index in [4.69, 9.17) is 9.84 Å². The van der Waals surface area contributed by atoms with Gasteiger partial charge < -0.3 is 0 Å². The number of ether oxygens (including phenoxy) is 1. The summed E-state index contributed by atoms with van der Waals surface area (Å²) in [5.41, 5.74) is 2.69. The summed E-state index contributed by atoms with van der Waals surface area (Å²) in [7, 11) is 1.77. The van der Waals surface area contributed by atoms with Gasteiger partial charge in [0.2, 0.25) is 0 Å². The minimum atomic E-state index is 0.258. The molecule has 0 saturated heterocycles. The van der Waals surface area contributed by atoms with Gasteiger partial charge >= 0.3 is 114 Å². The van der Waals surface area contributed by atoms with Crippen molar-refractivity contribution < 1.29 is 36.0 Å². The van der Waals surface area contributed by atoms with E-state index in [9.17, 15) is 0 Å². The molecule has 0 saturated carbocycles. The van der Waals surface area contributed by atoms with Crippen LogP contribution in [0.25, 0.3) is 0 Å². The van der Waals surface area contributed by atoms with Crippen LogP contribution in [0, 0.1) is 6.92 Å². The molecule has 0 amide bonds. The molecule has 1 rings (SSSR count).